The lowest BCUT2D eigenvalue weighted by molar-refractivity contribution is -0.122. The van der Waals surface area contributed by atoms with Crippen LogP contribution in [0, 0.1) is 17.2 Å². The molecule has 0 aliphatic rings. The van der Waals surface area contributed by atoms with E-state index in [2.05, 4.69) is 10.0 Å². The molecule has 7 nitrogen and oxygen atoms in total. The average molecular weight is 430 g/mol. The molecule has 2 aromatic rings. The van der Waals surface area contributed by atoms with Gasteiger partial charge in [0.25, 0.3) is 0 Å². The van der Waals surface area contributed by atoms with Crippen LogP contribution in [-0.4, -0.2) is 39.1 Å². The zero-order chi connectivity index (χ0) is 22.1. The lowest BCUT2D eigenvalue weighted by Crippen LogP contribution is -2.30. The van der Waals surface area contributed by atoms with Crippen molar-refractivity contribution in [2.45, 2.75) is 31.1 Å². The van der Waals surface area contributed by atoms with E-state index in [0.29, 0.717) is 12.3 Å². The molecule has 160 valence electrons. The minimum absolute atomic E-state index is 0.0344. The summed E-state index contributed by atoms with van der Waals surface area (Å²) in [6.45, 7) is 3.73. The zero-order valence-electron chi connectivity index (χ0n) is 17.1. The molecular formula is C22H27N3O4S. The van der Waals surface area contributed by atoms with Gasteiger partial charge < -0.3 is 10.4 Å². The second kappa shape index (κ2) is 10.9. The van der Waals surface area contributed by atoms with Crippen molar-refractivity contribution >= 4 is 15.9 Å². The second-order valence-electron chi connectivity index (χ2n) is 7.33. The van der Waals surface area contributed by atoms with Gasteiger partial charge in [0.05, 0.1) is 23.5 Å². The fourth-order valence-corrected chi connectivity index (χ4v) is 4.16. The van der Waals surface area contributed by atoms with Gasteiger partial charge in [0.2, 0.25) is 15.9 Å². The molecule has 0 radical (unpaired) electrons. The number of carbonyl (C=O) groups is 1. The predicted molar refractivity (Wildman–Crippen MR) is 115 cm³/mol. The molecule has 0 bridgehead atoms. The van der Waals surface area contributed by atoms with Crippen LogP contribution in [0.25, 0.3) is 11.1 Å². The molecule has 2 aromatic carbocycles. The third kappa shape index (κ3) is 6.39. The number of sulfonamides is 1. The zero-order valence-corrected chi connectivity index (χ0v) is 17.9. The van der Waals surface area contributed by atoms with Crippen molar-refractivity contribution in [2.24, 2.45) is 5.92 Å². The van der Waals surface area contributed by atoms with E-state index in [-0.39, 0.29) is 36.4 Å². The van der Waals surface area contributed by atoms with Crippen LogP contribution in [0.4, 0.5) is 0 Å². The lowest BCUT2D eigenvalue weighted by Gasteiger charge is -2.19. The van der Waals surface area contributed by atoms with Crippen LogP contribution >= 0.6 is 0 Å². The Balaban J connectivity index is 2.31. The molecule has 0 saturated heterocycles. The maximum atomic E-state index is 12.6. The van der Waals surface area contributed by atoms with Crippen molar-refractivity contribution in [1.82, 2.24) is 10.0 Å². The van der Waals surface area contributed by atoms with E-state index in [9.17, 15) is 13.2 Å². The highest BCUT2D eigenvalue weighted by molar-refractivity contribution is 7.89. The Morgan fingerprint density at radius 3 is 2.43 bits per heavy atom. The fraction of sp³-hybridized carbons (Fsp3) is 0.364. The van der Waals surface area contributed by atoms with Crippen LogP contribution in [0.5, 0.6) is 0 Å². The van der Waals surface area contributed by atoms with Crippen molar-refractivity contribution in [2.75, 3.05) is 19.7 Å². The molecule has 0 aromatic heterocycles. The van der Waals surface area contributed by atoms with Gasteiger partial charge in [0.15, 0.2) is 0 Å². The van der Waals surface area contributed by atoms with Crippen molar-refractivity contribution in [3.05, 3.63) is 54.1 Å². The standard InChI is InChI=1S/C22H27N3O4S/c1-16(2)14-21(22(27)24-11-10-23)19-5-3-4-18(15-19)17-6-8-20(9-7-17)30(28,29)25-12-13-26/h3-9,15-16,21,25-26H,11-14H2,1-2H3,(H,24,27). The van der Waals surface area contributed by atoms with Crippen molar-refractivity contribution in [3.63, 3.8) is 0 Å². The van der Waals surface area contributed by atoms with E-state index < -0.39 is 10.0 Å². The van der Waals surface area contributed by atoms with Gasteiger partial charge in [0.1, 0.15) is 6.54 Å². The molecular weight excluding hydrogens is 402 g/mol. The molecule has 30 heavy (non-hydrogen) atoms. The molecule has 0 heterocycles. The molecule has 0 aliphatic carbocycles. The number of carbonyl (C=O) groups excluding carboxylic acids is 1. The molecule has 2 rings (SSSR count). The highest BCUT2D eigenvalue weighted by Crippen LogP contribution is 2.29. The number of hydrogen-bond acceptors (Lipinski definition) is 5. The Morgan fingerprint density at radius 1 is 1.13 bits per heavy atom. The molecule has 1 amide bonds. The SMILES string of the molecule is CC(C)CC(C(=O)NCC#N)c1cccc(-c2ccc(S(=O)(=O)NCCO)cc2)c1. The summed E-state index contributed by atoms with van der Waals surface area (Å²) in [5, 5.41) is 20.2. The number of nitrogens with one attached hydrogen (secondary N) is 2. The van der Waals surface area contributed by atoms with Gasteiger partial charge in [-0.25, -0.2) is 13.1 Å². The Hall–Kier alpha value is -2.73. The monoisotopic (exact) mass is 429 g/mol. The Bertz CT molecular complexity index is 996. The predicted octanol–water partition coefficient (Wildman–Crippen LogP) is 2.39. The number of nitrogens with zero attached hydrogens (tertiary/aromatic N) is 1. The van der Waals surface area contributed by atoms with Crippen LogP contribution in [-0.2, 0) is 14.8 Å². The van der Waals surface area contributed by atoms with Crippen molar-refractivity contribution < 1.29 is 18.3 Å². The number of nitriles is 1. The number of hydrogen-bond donors (Lipinski definition) is 3. The van der Waals surface area contributed by atoms with E-state index in [1.54, 1.807) is 12.1 Å². The Labute approximate surface area is 177 Å². The highest BCUT2D eigenvalue weighted by atomic mass is 32.2. The van der Waals surface area contributed by atoms with E-state index in [0.717, 1.165) is 16.7 Å². The van der Waals surface area contributed by atoms with E-state index in [4.69, 9.17) is 10.4 Å². The largest absolute Gasteiger partial charge is 0.395 e. The van der Waals surface area contributed by atoms with Crippen LogP contribution in [0.15, 0.2) is 53.4 Å². The maximum absolute atomic E-state index is 12.6. The molecule has 3 N–H and O–H groups in total. The molecule has 8 heteroatoms. The van der Waals surface area contributed by atoms with Crippen molar-refractivity contribution in [1.29, 1.82) is 5.26 Å². The van der Waals surface area contributed by atoms with Crippen LogP contribution in [0.1, 0.15) is 31.7 Å². The molecule has 1 atom stereocenters. The Kier molecular flexibility index (Phi) is 8.54. The first-order valence-electron chi connectivity index (χ1n) is 9.74. The molecule has 0 spiro atoms. The first-order valence-corrected chi connectivity index (χ1v) is 11.2. The number of aliphatic hydroxyl groups is 1. The van der Waals surface area contributed by atoms with Gasteiger partial charge in [-0.05, 0) is 41.2 Å². The molecule has 1 unspecified atom stereocenters. The van der Waals surface area contributed by atoms with Crippen LogP contribution in [0.2, 0.25) is 0 Å². The number of amides is 1. The average Bonchev–Trinajstić information content (AvgIpc) is 2.74. The maximum Gasteiger partial charge on any atom is 0.240 e. The van der Waals surface area contributed by atoms with E-state index >= 15 is 0 Å². The van der Waals surface area contributed by atoms with Gasteiger partial charge in [0, 0.05) is 6.54 Å². The smallest absolute Gasteiger partial charge is 0.240 e. The van der Waals surface area contributed by atoms with Gasteiger partial charge >= 0.3 is 0 Å². The summed E-state index contributed by atoms with van der Waals surface area (Å²) >= 11 is 0. The molecule has 0 fully saturated rings. The van der Waals surface area contributed by atoms with Gasteiger partial charge in [-0.3, -0.25) is 4.79 Å². The lowest BCUT2D eigenvalue weighted by atomic mass is 9.88. The Morgan fingerprint density at radius 2 is 1.83 bits per heavy atom. The summed E-state index contributed by atoms with van der Waals surface area (Å²) in [4.78, 5) is 12.7. The van der Waals surface area contributed by atoms with Gasteiger partial charge in [-0.1, -0.05) is 50.2 Å². The van der Waals surface area contributed by atoms with Crippen LogP contribution in [0.3, 0.4) is 0 Å². The minimum Gasteiger partial charge on any atom is -0.395 e. The number of aliphatic hydroxyl groups excluding tert-OH is 1. The topological polar surface area (TPSA) is 119 Å². The summed E-state index contributed by atoms with van der Waals surface area (Å²) in [5.41, 5.74) is 2.53. The van der Waals surface area contributed by atoms with Crippen LogP contribution < -0.4 is 10.0 Å². The fourth-order valence-electron chi connectivity index (χ4n) is 3.14. The summed E-state index contributed by atoms with van der Waals surface area (Å²) < 4.78 is 26.6. The second-order valence-corrected chi connectivity index (χ2v) is 9.10. The third-order valence-corrected chi connectivity index (χ3v) is 6.03. The molecule has 0 saturated carbocycles. The summed E-state index contributed by atoms with van der Waals surface area (Å²) in [6, 6.07) is 15.9. The normalized spacial score (nSPS) is 12.4. The van der Waals surface area contributed by atoms with Gasteiger partial charge in [-0.15, -0.1) is 0 Å². The summed E-state index contributed by atoms with van der Waals surface area (Å²) in [6.07, 6.45) is 0.647. The quantitative estimate of drug-likeness (QED) is 0.501. The third-order valence-electron chi connectivity index (χ3n) is 4.56. The van der Waals surface area contributed by atoms with E-state index in [1.165, 1.54) is 12.1 Å². The first kappa shape index (κ1) is 23.5. The van der Waals surface area contributed by atoms with Gasteiger partial charge in [-0.2, -0.15) is 5.26 Å². The highest BCUT2D eigenvalue weighted by Gasteiger charge is 2.22. The first-order chi connectivity index (χ1) is 14.3. The summed E-state index contributed by atoms with van der Waals surface area (Å²) in [7, 11) is -3.67. The number of benzene rings is 2. The van der Waals surface area contributed by atoms with E-state index in [1.807, 2.05) is 44.2 Å². The molecule has 0 aliphatic heterocycles. The number of rotatable bonds is 10. The minimum atomic E-state index is -3.67. The summed E-state index contributed by atoms with van der Waals surface area (Å²) in [5.74, 6) is -0.262. The van der Waals surface area contributed by atoms with Crippen molar-refractivity contribution in [3.8, 4) is 17.2 Å².